The Bertz CT molecular complexity index is 959. The summed E-state index contributed by atoms with van der Waals surface area (Å²) in [6.07, 6.45) is 5.12. The van der Waals surface area contributed by atoms with E-state index in [-0.39, 0.29) is 23.2 Å². The Labute approximate surface area is 175 Å². The minimum absolute atomic E-state index is 0.0716. The summed E-state index contributed by atoms with van der Waals surface area (Å²) in [5.74, 6) is -0.205. The number of nitrogens with zero attached hydrogens (tertiary/aromatic N) is 2. The van der Waals surface area contributed by atoms with Crippen LogP contribution in [0.25, 0.3) is 0 Å². The van der Waals surface area contributed by atoms with E-state index in [1.807, 2.05) is 4.90 Å². The van der Waals surface area contributed by atoms with Crippen LogP contribution in [0.5, 0.6) is 0 Å². The molecule has 2 aliphatic heterocycles. The molecule has 1 aromatic rings. The Kier molecular flexibility index (Phi) is 6.19. The van der Waals surface area contributed by atoms with Crippen molar-refractivity contribution in [2.45, 2.75) is 61.9 Å². The smallest absolute Gasteiger partial charge is 0.290 e. The number of carboxylic acid groups (broad SMARTS) is 1. The minimum atomic E-state index is -3.90. The van der Waals surface area contributed by atoms with Crippen LogP contribution in [0.15, 0.2) is 23.1 Å². The standard InChI is InChI=1S/C19H25N3O4S.CH2O2/c1-13-4-7-15(27(20,25)26)12-16(13)17(23)22-11-3-9-19(22)8-2-10-21(18(19)24)14-5-6-14;2-1-3/h4,7,12,14H,2-3,5-6,8-11H2,1H3,(H2,20,25,26);1H,(H,2,3). The van der Waals surface area contributed by atoms with Gasteiger partial charge in [0.05, 0.1) is 4.90 Å². The summed E-state index contributed by atoms with van der Waals surface area (Å²) in [6.45, 7) is 2.80. The lowest BCUT2D eigenvalue weighted by atomic mass is 9.84. The zero-order valence-electron chi connectivity index (χ0n) is 16.9. The molecule has 0 radical (unpaired) electrons. The van der Waals surface area contributed by atoms with Gasteiger partial charge in [0.25, 0.3) is 12.4 Å². The summed E-state index contributed by atoms with van der Waals surface area (Å²) in [5, 5.41) is 12.1. The fourth-order valence-corrected chi connectivity index (χ4v) is 5.10. The van der Waals surface area contributed by atoms with E-state index in [1.54, 1.807) is 17.9 Å². The van der Waals surface area contributed by atoms with Crippen LogP contribution < -0.4 is 5.14 Å². The molecule has 0 bridgehead atoms. The predicted molar refractivity (Wildman–Crippen MR) is 108 cm³/mol. The number of rotatable bonds is 3. The molecule has 10 heteroatoms. The second kappa shape index (κ2) is 8.35. The summed E-state index contributed by atoms with van der Waals surface area (Å²) >= 11 is 0. The third-order valence-corrected chi connectivity index (χ3v) is 7.05. The lowest BCUT2D eigenvalue weighted by Gasteiger charge is -2.45. The highest BCUT2D eigenvalue weighted by molar-refractivity contribution is 7.89. The van der Waals surface area contributed by atoms with Crippen molar-refractivity contribution >= 4 is 28.3 Å². The maximum absolute atomic E-state index is 13.4. The maximum Gasteiger partial charge on any atom is 0.290 e. The zero-order valence-corrected chi connectivity index (χ0v) is 17.7. The molecule has 30 heavy (non-hydrogen) atoms. The fourth-order valence-electron chi connectivity index (χ4n) is 4.56. The van der Waals surface area contributed by atoms with Gasteiger partial charge in [-0.25, -0.2) is 13.6 Å². The van der Waals surface area contributed by atoms with Crippen molar-refractivity contribution in [2.24, 2.45) is 5.14 Å². The van der Waals surface area contributed by atoms with Gasteiger partial charge in [0.2, 0.25) is 15.9 Å². The highest BCUT2D eigenvalue weighted by Crippen LogP contribution is 2.42. The largest absolute Gasteiger partial charge is 0.483 e. The molecular weight excluding hydrogens is 410 g/mol. The molecule has 2 amide bonds. The monoisotopic (exact) mass is 437 g/mol. The lowest BCUT2D eigenvalue weighted by molar-refractivity contribution is -0.146. The van der Waals surface area contributed by atoms with Crippen LogP contribution in [0.1, 0.15) is 54.4 Å². The average Bonchev–Trinajstić information content (AvgIpc) is 3.44. The molecule has 3 aliphatic rings. The van der Waals surface area contributed by atoms with Crippen molar-refractivity contribution in [3.63, 3.8) is 0 Å². The normalized spacial score (nSPS) is 23.9. The number of benzene rings is 1. The van der Waals surface area contributed by atoms with E-state index in [2.05, 4.69) is 0 Å². The number of carbonyl (C=O) groups excluding carboxylic acids is 2. The number of piperidine rings is 1. The van der Waals surface area contributed by atoms with Crippen molar-refractivity contribution < 1.29 is 27.9 Å². The maximum atomic E-state index is 13.4. The highest BCUT2D eigenvalue weighted by atomic mass is 32.2. The Morgan fingerprint density at radius 1 is 1.23 bits per heavy atom. The van der Waals surface area contributed by atoms with Crippen LogP contribution >= 0.6 is 0 Å². The molecule has 1 aromatic carbocycles. The van der Waals surface area contributed by atoms with Gasteiger partial charge in [-0.1, -0.05) is 6.07 Å². The van der Waals surface area contributed by atoms with Crippen LogP contribution in [0, 0.1) is 6.92 Å². The van der Waals surface area contributed by atoms with Crippen LogP contribution in [-0.4, -0.2) is 66.3 Å². The van der Waals surface area contributed by atoms with Gasteiger partial charge in [-0.2, -0.15) is 0 Å². The Morgan fingerprint density at radius 2 is 1.83 bits per heavy atom. The average molecular weight is 438 g/mol. The Hall–Kier alpha value is -2.46. The van der Waals surface area contributed by atoms with Crippen molar-refractivity contribution in [2.75, 3.05) is 13.1 Å². The van der Waals surface area contributed by atoms with Gasteiger partial charge in [0.1, 0.15) is 5.54 Å². The summed E-state index contributed by atoms with van der Waals surface area (Å²) in [4.78, 5) is 38.6. The van der Waals surface area contributed by atoms with Crippen molar-refractivity contribution in [1.29, 1.82) is 0 Å². The molecule has 1 spiro atoms. The number of likely N-dealkylation sites (tertiary alicyclic amines) is 2. The molecule has 2 saturated heterocycles. The molecule has 1 atom stereocenters. The van der Waals surface area contributed by atoms with Crippen LogP contribution in [0.3, 0.4) is 0 Å². The fraction of sp³-hybridized carbons (Fsp3) is 0.550. The van der Waals surface area contributed by atoms with E-state index in [0.29, 0.717) is 36.6 Å². The summed E-state index contributed by atoms with van der Waals surface area (Å²) in [6, 6.07) is 4.67. The van der Waals surface area contributed by atoms with Gasteiger partial charge in [0, 0.05) is 24.7 Å². The highest BCUT2D eigenvalue weighted by Gasteiger charge is 2.54. The number of amides is 2. The van der Waals surface area contributed by atoms with Crippen LogP contribution in [0.4, 0.5) is 0 Å². The molecule has 4 rings (SSSR count). The molecule has 0 aromatic heterocycles. The van der Waals surface area contributed by atoms with Crippen molar-refractivity contribution in [3.8, 4) is 0 Å². The molecule has 2 heterocycles. The molecule has 1 aliphatic carbocycles. The van der Waals surface area contributed by atoms with Gasteiger partial charge < -0.3 is 14.9 Å². The van der Waals surface area contributed by atoms with Gasteiger partial charge in [-0.3, -0.25) is 14.4 Å². The summed E-state index contributed by atoms with van der Waals surface area (Å²) in [5.41, 5.74) is 0.206. The second-order valence-electron chi connectivity index (χ2n) is 8.05. The Morgan fingerprint density at radius 3 is 2.40 bits per heavy atom. The molecule has 3 N–H and O–H groups in total. The quantitative estimate of drug-likeness (QED) is 0.679. The number of sulfonamides is 1. The van der Waals surface area contributed by atoms with Crippen LogP contribution in [-0.2, 0) is 19.6 Å². The second-order valence-corrected chi connectivity index (χ2v) is 9.61. The molecule has 1 unspecified atom stereocenters. The molecule has 3 fully saturated rings. The third kappa shape index (κ3) is 4.06. The van der Waals surface area contributed by atoms with Gasteiger partial charge >= 0.3 is 0 Å². The number of aryl methyl sites for hydroxylation is 1. The van der Waals surface area contributed by atoms with Gasteiger partial charge in [-0.05, 0) is 63.1 Å². The first kappa shape index (κ1) is 22.2. The van der Waals surface area contributed by atoms with E-state index in [0.717, 1.165) is 32.2 Å². The molecule has 1 saturated carbocycles. The van der Waals surface area contributed by atoms with Gasteiger partial charge in [-0.15, -0.1) is 0 Å². The molecular formula is C20H27N3O6S. The van der Waals surface area contributed by atoms with E-state index in [4.69, 9.17) is 15.0 Å². The number of primary sulfonamides is 1. The lowest BCUT2D eigenvalue weighted by Crippen LogP contribution is -2.61. The summed E-state index contributed by atoms with van der Waals surface area (Å²) < 4.78 is 23.4. The first-order chi connectivity index (χ1) is 14.2. The van der Waals surface area contributed by atoms with Crippen molar-refractivity contribution in [3.05, 3.63) is 29.3 Å². The molecule has 9 nitrogen and oxygen atoms in total. The van der Waals surface area contributed by atoms with Crippen LogP contribution in [0.2, 0.25) is 0 Å². The number of hydrogen-bond acceptors (Lipinski definition) is 5. The predicted octanol–water partition coefficient (Wildman–Crippen LogP) is 1.10. The first-order valence-corrected chi connectivity index (χ1v) is 11.5. The number of nitrogens with two attached hydrogens (primary N) is 1. The van der Waals surface area contributed by atoms with E-state index in [9.17, 15) is 18.0 Å². The SMILES string of the molecule is Cc1ccc(S(N)(=O)=O)cc1C(=O)N1CCCC12CCCN(C1CC1)C2=O.O=CO. The van der Waals surface area contributed by atoms with E-state index < -0.39 is 15.6 Å². The number of hydrogen-bond donors (Lipinski definition) is 2. The summed E-state index contributed by atoms with van der Waals surface area (Å²) in [7, 11) is -3.90. The Balaban J connectivity index is 0.000000806. The minimum Gasteiger partial charge on any atom is -0.483 e. The number of carbonyl (C=O) groups is 3. The van der Waals surface area contributed by atoms with Crippen molar-refractivity contribution in [1.82, 2.24) is 9.80 Å². The van der Waals surface area contributed by atoms with E-state index in [1.165, 1.54) is 12.1 Å². The molecule has 164 valence electrons. The topological polar surface area (TPSA) is 138 Å². The first-order valence-electron chi connectivity index (χ1n) is 10.00. The third-order valence-electron chi connectivity index (χ3n) is 6.14. The zero-order chi connectivity index (χ0) is 22.1. The van der Waals surface area contributed by atoms with E-state index >= 15 is 0 Å². The van der Waals surface area contributed by atoms with Gasteiger partial charge in [0.15, 0.2) is 0 Å².